The standard InChI is InChI=1S/C16H17ClN8O2S/c1-8-13(25-28(3,26)27)5-11(7-19-8)23-14-12(4-10(17)6-20-14)15-21-9(2)22-16(18)24-15/h4-7,25H,1-3H3,(H,20,23)(H2,18,21,22,24). The van der Waals surface area contributed by atoms with Gasteiger partial charge in [-0.2, -0.15) is 9.97 Å². The van der Waals surface area contributed by atoms with Gasteiger partial charge in [0, 0.05) is 6.20 Å². The van der Waals surface area contributed by atoms with E-state index in [1.54, 1.807) is 32.2 Å². The van der Waals surface area contributed by atoms with Crippen LogP contribution in [0.1, 0.15) is 11.5 Å². The van der Waals surface area contributed by atoms with Crippen molar-refractivity contribution in [1.82, 2.24) is 24.9 Å². The van der Waals surface area contributed by atoms with Gasteiger partial charge in [-0.05, 0) is 26.0 Å². The molecule has 28 heavy (non-hydrogen) atoms. The molecule has 0 aliphatic heterocycles. The number of nitrogens with two attached hydrogens (primary N) is 1. The second-order valence-corrected chi connectivity index (χ2v) is 8.16. The molecule has 0 fully saturated rings. The smallest absolute Gasteiger partial charge is 0.229 e. The first-order valence-corrected chi connectivity index (χ1v) is 10.2. The fourth-order valence-corrected chi connectivity index (χ4v) is 3.14. The Morgan fingerprint density at radius 1 is 1.07 bits per heavy atom. The highest BCUT2D eigenvalue weighted by atomic mass is 35.5. The van der Waals surface area contributed by atoms with Gasteiger partial charge < -0.3 is 11.1 Å². The Hall–Kier alpha value is -3.05. The third-order valence-corrected chi connectivity index (χ3v) is 4.30. The summed E-state index contributed by atoms with van der Waals surface area (Å²) < 4.78 is 25.5. The Morgan fingerprint density at radius 3 is 2.50 bits per heavy atom. The molecule has 0 atom stereocenters. The van der Waals surface area contributed by atoms with Crippen molar-refractivity contribution in [1.29, 1.82) is 0 Å². The van der Waals surface area contributed by atoms with Crippen LogP contribution in [0.15, 0.2) is 24.5 Å². The summed E-state index contributed by atoms with van der Waals surface area (Å²) in [7, 11) is -3.45. The quantitative estimate of drug-likeness (QED) is 0.564. The van der Waals surface area contributed by atoms with Crippen molar-refractivity contribution in [3.8, 4) is 11.4 Å². The number of aryl methyl sites for hydroxylation is 2. The van der Waals surface area contributed by atoms with Gasteiger partial charge in [0.1, 0.15) is 11.6 Å². The number of sulfonamides is 1. The predicted molar refractivity (Wildman–Crippen MR) is 108 cm³/mol. The lowest BCUT2D eigenvalue weighted by Crippen LogP contribution is -2.11. The molecule has 4 N–H and O–H groups in total. The van der Waals surface area contributed by atoms with E-state index in [-0.39, 0.29) is 5.95 Å². The SMILES string of the molecule is Cc1nc(N)nc(-c2cc(Cl)cnc2Nc2cnc(C)c(NS(C)(=O)=O)c2)n1. The molecule has 0 aliphatic carbocycles. The number of pyridine rings is 2. The molecule has 0 bridgehead atoms. The molecule has 3 aromatic rings. The predicted octanol–water partition coefficient (Wildman–Crippen LogP) is 2.30. The van der Waals surface area contributed by atoms with Crippen LogP contribution in [0, 0.1) is 13.8 Å². The number of nitrogens with one attached hydrogen (secondary N) is 2. The number of rotatable bonds is 5. The van der Waals surface area contributed by atoms with E-state index in [9.17, 15) is 8.42 Å². The van der Waals surface area contributed by atoms with Crippen molar-refractivity contribution < 1.29 is 8.42 Å². The Kier molecular flexibility index (Phi) is 5.29. The minimum Gasteiger partial charge on any atom is -0.368 e. The van der Waals surface area contributed by atoms with Crippen molar-refractivity contribution in [3.63, 3.8) is 0 Å². The maximum Gasteiger partial charge on any atom is 0.229 e. The molecule has 0 aliphatic rings. The van der Waals surface area contributed by atoms with Crippen molar-refractivity contribution >= 4 is 44.8 Å². The minimum absolute atomic E-state index is 0.0741. The summed E-state index contributed by atoms with van der Waals surface area (Å²) in [6, 6.07) is 3.25. The molecule has 0 amide bonds. The Morgan fingerprint density at radius 2 is 1.82 bits per heavy atom. The van der Waals surface area contributed by atoms with Crippen molar-refractivity contribution in [2.24, 2.45) is 0 Å². The van der Waals surface area contributed by atoms with Crippen LogP contribution in [0.3, 0.4) is 0 Å². The van der Waals surface area contributed by atoms with Crippen LogP contribution < -0.4 is 15.8 Å². The topological polar surface area (TPSA) is 149 Å². The average Bonchev–Trinajstić information content (AvgIpc) is 2.57. The largest absolute Gasteiger partial charge is 0.368 e. The second-order valence-electron chi connectivity index (χ2n) is 5.97. The third-order valence-electron chi connectivity index (χ3n) is 3.50. The van der Waals surface area contributed by atoms with E-state index in [4.69, 9.17) is 17.3 Å². The summed E-state index contributed by atoms with van der Waals surface area (Å²) in [5, 5.41) is 3.47. The molecule has 12 heteroatoms. The monoisotopic (exact) mass is 420 g/mol. The van der Waals surface area contributed by atoms with E-state index < -0.39 is 10.0 Å². The van der Waals surface area contributed by atoms with E-state index >= 15 is 0 Å². The zero-order valence-corrected chi connectivity index (χ0v) is 16.8. The van der Waals surface area contributed by atoms with E-state index in [0.29, 0.717) is 45.1 Å². The molecule has 0 spiro atoms. The summed E-state index contributed by atoms with van der Waals surface area (Å²) in [5.74, 6) is 1.22. The highest BCUT2D eigenvalue weighted by Gasteiger charge is 2.14. The van der Waals surface area contributed by atoms with Crippen molar-refractivity contribution in [2.75, 3.05) is 22.0 Å². The van der Waals surface area contributed by atoms with Crippen LogP contribution in [0.25, 0.3) is 11.4 Å². The molecule has 10 nitrogen and oxygen atoms in total. The Balaban J connectivity index is 2.03. The van der Waals surface area contributed by atoms with Gasteiger partial charge in [-0.15, -0.1) is 0 Å². The van der Waals surface area contributed by atoms with Gasteiger partial charge in [0.05, 0.1) is 40.1 Å². The maximum atomic E-state index is 11.5. The molecule has 3 aromatic heterocycles. The molecular weight excluding hydrogens is 404 g/mol. The van der Waals surface area contributed by atoms with E-state index in [1.807, 2.05) is 0 Å². The molecule has 146 valence electrons. The molecule has 0 aromatic carbocycles. The number of hydrogen-bond acceptors (Lipinski definition) is 9. The van der Waals surface area contributed by atoms with Gasteiger partial charge in [-0.25, -0.2) is 18.4 Å². The average molecular weight is 421 g/mol. The summed E-state index contributed by atoms with van der Waals surface area (Å²) in [6.07, 6.45) is 4.08. The number of halogens is 1. The number of nitrogens with zero attached hydrogens (tertiary/aromatic N) is 5. The summed E-state index contributed by atoms with van der Waals surface area (Å²) in [4.78, 5) is 20.9. The summed E-state index contributed by atoms with van der Waals surface area (Å²) in [5.41, 5.74) is 7.61. The van der Waals surface area contributed by atoms with Crippen molar-refractivity contribution in [2.45, 2.75) is 13.8 Å². The first-order valence-electron chi connectivity index (χ1n) is 7.96. The Bertz CT molecular complexity index is 1130. The second kappa shape index (κ2) is 7.52. The van der Waals surface area contributed by atoms with Gasteiger partial charge in [-0.1, -0.05) is 11.6 Å². The highest BCUT2D eigenvalue weighted by Crippen LogP contribution is 2.30. The number of anilines is 4. The lowest BCUT2D eigenvalue weighted by atomic mass is 10.2. The summed E-state index contributed by atoms with van der Waals surface area (Å²) >= 11 is 6.09. The molecule has 0 saturated heterocycles. The zero-order valence-electron chi connectivity index (χ0n) is 15.2. The number of hydrogen-bond donors (Lipinski definition) is 3. The first-order chi connectivity index (χ1) is 13.1. The molecule has 0 unspecified atom stereocenters. The van der Waals surface area contributed by atoms with E-state index in [1.165, 1.54) is 6.20 Å². The molecule has 0 radical (unpaired) electrons. The number of nitrogen functional groups attached to an aromatic ring is 1. The van der Waals surface area contributed by atoms with Crippen LogP contribution in [0.2, 0.25) is 5.02 Å². The molecule has 3 heterocycles. The van der Waals surface area contributed by atoms with E-state index in [2.05, 4.69) is 35.0 Å². The normalized spacial score (nSPS) is 11.3. The van der Waals surface area contributed by atoms with Gasteiger partial charge in [-0.3, -0.25) is 9.71 Å². The van der Waals surface area contributed by atoms with Crippen molar-refractivity contribution in [3.05, 3.63) is 41.1 Å². The van der Waals surface area contributed by atoms with E-state index in [0.717, 1.165) is 6.26 Å². The zero-order chi connectivity index (χ0) is 20.5. The lowest BCUT2D eigenvalue weighted by molar-refractivity contribution is 0.606. The fourth-order valence-electron chi connectivity index (χ4n) is 2.37. The third kappa shape index (κ3) is 4.81. The fraction of sp³-hybridized carbons (Fsp3) is 0.188. The van der Waals surface area contributed by atoms with Crippen LogP contribution in [-0.2, 0) is 10.0 Å². The molecule has 3 rings (SSSR count). The molecule has 0 saturated carbocycles. The van der Waals surface area contributed by atoms with Crippen LogP contribution in [0.4, 0.5) is 23.1 Å². The minimum atomic E-state index is -3.45. The maximum absolute atomic E-state index is 11.5. The van der Waals surface area contributed by atoms with Gasteiger partial charge in [0.25, 0.3) is 0 Å². The van der Waals surface area contributed by atoms with Crippen LogP contribution >= 0.6 is 11.6 Å². The van der Waals surface area contributed by atoms with Gasteiger partial charge >= 0.3 is 0 Å². The van der Waals surface area contributed by atoms with Gasteiger partial charge in [0.2, 0.25) is 16.0 Å². The first kappa shape index (κ1) is 19.7. The van der Waals surface area contributed by atoms with Crippen LogP contribution in [0.5, 0.6) is 0 Å². The summed E-state index contributed by atoms with van der Waals surface area (Å²) in [6.45, 7) is 3.39. The Labute approximate surface area is 166 Å². The van der Waals surface area contributed by atoms with Gasteiger partial charge in [0.15, 0.2) is 5.82 Å². The number of aromatic nitrogens is 5. The highest BCUT2D eigenvalue weighted by molar-refractivity contribution is 7.92. The lowest BCUT2D eigenvalue weighted by Gasteiger charge is -2.13. The van der Waals surface area contributed by atoms with Crippen LogP contribution in [-0.4, -0.2) is 39.6 Å². The molecular formula is C16H17ClN8O2S.